The zero-order valence-corrected chi connectivity index (χ0v) is 18.4. The lowest BCUT2D eigenvalue weighted by atomic mass is 9.95. The van der Waals surface area contributed by atoms with Crippen LogP contribution in [0.25, 0.3) is 16.2 Å². The lowest BCUT2D eigenvalue weighted by molar-refractivity contribution is -0.133. The van der Waals surface area contributed by atoms with Gasteiger partial charge in [-0.15, -0.1) is 11.3 Å². The van der Waals surface area contributed by atoms with E-state index in [9.17, 15) is 9.59 Å². The van der Waals surface area contributed by atoms with Gasteiger partial charge in [-0.05, 0) is 25.0 Å². The number of para-hydroxylation sites is 1. The molecule has 0 aliphatic carbocycles. The maximum absolute atomic E-state index is 12.9. The summed E-state index contributed by atoms with van der Waals surface area (Å²) in [5, 5.41) is 4.99. The first-order valence-electron chi connectivity index (χ1n) is 10.8. The van der Waals surface area contributed by atoms with Gasteiger partial charge < -0.3 is 10.2 Å². The molecule has 1 aliphatic heterocycles. The van der Waals surface area contributed by atoms with Crippen LogP contribution in [0.15, 0.2) is 72.2 Å². The Morgan fingerprint density at radius 3 is 2.41 bits per heavy atom. The Hall–Kier alpha value is -3.45. The predicted molar refractivity (Wildman–Crippen MR) is 127 cm³/mol. The second-order valence-corrected chi connectivity index (χ2v) is 8.90. The van der Waals surface area contributed by atoms with Gasteiger partial charge in [0.2, 0.25) is 11.8 Å². The van der Waals surface area contributed by atoms with Crippen LogP contribution in [0.2, 0.25) is 0 Å². The molecule has 6 nitrogen and oxygen atoms in total. The van der Waals surface area contributed by atoms with Crippen molar-refractivity contribution in [3.05, 3.63) is 77.9 Å². The molecule has 3 heterocycles. The van der Waals surface area contributed by atoms with Gasteiger partial charge >= 0.3 is 0 Å². The SMILES string of the molecule is O=C(Nc1ccccc1)C1CCN(C(=O)Cc2csc3nc(-c4ccccc4)cn23)CC1. The summed E-state index contributed by atoms with van der Waals surface area (Å²) in [4.78, 5) is 33.0. The fraction of sp³-hybridized carbons (Fsp3) is 0.240. The van der Waals surface area contributed by atoms with E-state index in [1.54, 1.807) is 11.3 Å². The summed E-state index contributed by atoms with van der Waals surface area (Å²) in [6, 6.07) is 19.6. The largest absolute Gasteiger partial charge is 0.342 e. The zero-order valence-electron chi connectivity index (χ0n) is 17.6. The Morgan fingerprint density at radius 1 is 1.00 bits per heavy atom. The average molecular weight is 445 g/mol. The van der Waals surface area contributed by atoms with E-state index in [1.165, 1.54) is 0 Å². The molecule has 0 atom stereocenters. The van der Waals surface area contributed by atoms with Crippen molar-refractivity contribution in [1.29, 1.82) is 0 Å². The standard InChI is InChI=1S/C25H24N4O2S/c30-23(28-13-11-19(12-14-28)24(31)26-20-9-5-2-6-10-20)15-21-17-32-25-27-22(16-29(21)25)18-7-3-1-4-8-18/h1-10,16-17,19H,11-15H2,(H,26,31). The highest BCUT2D eigenvalue weighted by atomic mass is 32.1. The molecule has 2 aromatic heterocycles. The number of likely N-dealkylation sites (tertiary alicyclic amines) is 1. The van der Waals surface area contributed by atoms with Gasteiger partial charge in [-0.2, -0.15) is 0 Å². The molecule has 1 aliphatic rings. The fourth-order valence-electron chi connectivity index (χ4n) is 4.13. The van der Waals surface area contributed by atoms with E-state index in [1.807, 2.05) is 81.5 Å². The van der Waals surface area contributed by atoms with Gasteiger partial charge in [0, 0.05) is 47.5 Å². The van der Waals surface area contributed by atoms with E-state index < -0.39 is 0 Å². The Labute approximate surface area is 190 Å². The number of anilines is 1. The third-order valence-electron chi connectivity index (χ3n) is 5.95. The number of nitrogens with zero attached hydrogens (tertiary/aromatic N) is 3. The van der Waals surface area contributed by atoms with E-state index in [0.717, 1.165) is 27.6 Å². The van der Waals surface area contributed by atoms with Crippen molar-refractivity contribution >= 4 is 33.8 Å². The van der Waals surface area contributed by atoms with Crippen LogP contribution in [0, 0.1) is 5.92 Å². The van der Waals surface area contributed by atoms with E-state index in [0.29, 0.717) is 32.4 Å². The van der Waals surface area contributed by atoms with Gasteiger partial charge in [0.25, 0.3) is 0 Å². The van der Waals surface area contributed by atoms with Crippen molar-refractivity contribution in [2.75, 3.05) is 18.4 Å². The summed E-state index contributed by atoms with van der Waals surface area (Å²) in [6.45, 7) is 1.22. The Bertz CT molecular complexity index is 1220. The number of benzene rings is 2. The van der Waals surface area contributed by atoms with Crippen LogP contribution < -0.4 is 5.32 Å². The molecule has 4 aromatic rings. The minimum Gasteiger partial charge on any atom is -0.342 e. The molecule has 1 N–H and O–H groups in total. The first kappa shape index (κ1) is 20.5. The zero-order chi connectivity index (χ0) is 21.9. The van der Waals surface area contributed by atoms with Crippen molar-refractivity contribution < 1.29 is 9.59 Å². The molecule has 32 heavy (non-hydrogen) atoms. The van der Waals surface area contributed by atoms with Gasteiger partial charge in [0.15, 0.2) is 4.96 Å². The van der Waals surface area contributed by atoms with Crippen LogP contribution >= 0.6 is 11.3 Å². The highest BCUT2D eigenvalue weighted by Crippen LogP contribution is 2.25. The molecule has 2 amide bonds. The maximum atomic E-state index is 12.9. The number of imidazole rings is 1. The number of thiazole rings is 1. The summed E-state index contributed by atoms with van der Waals surface area (Å²) in [5.74, 6) is 0.0745. The molecule has 1 fully saturated rings. The summed E-state index contributed by atoms with van der Waals surface area (Å²) in [6.07, 6.45) is 3.72. The number of hydrogen-bond acceptors (Lipinski definition) is 4. The maximum Gasteiger partial charge on any atom is 0.228 e. The molecule has 0 spiro atoms. The van der Waals surface area contributed by atoms with Crippen LogP contribution in [0.5, 0.6) is 0 Å². The summed E-state index contributed by atoms with van der Waals surface area (Å²) in [5.41, 5.74) is 3.74. The third kappa shape index (κ3) is 4.29. The van der Waals surface area contributed by atoms with E-state index in [2.05, 4.69) is 5.32 Å². The molecule has 0 bridgehead atoms. The molecule has 0 unspecified atom stereocenters. The smallest absolute Gasteiger partial charge is 0.228 e. The lowest BCUT2D eigenvalue weighted by Gasteiger charge is -2.31. The predicted octanol–water partition coefficient (Wildman–Crippen LogP) is 4.48. The monoisotopic (exact) mass is 444 g/mol. The molecule has 0 radical (unpaired) electrons. The molecule has 162 valence electrons. The summed E-state index contributed by atoms with van der Waals surface area (Å²) in [7, 11) is 0. The third-order valence-corrected chi connectivity index (χ3v) is 6.83. The average Bonchev–Trinajstić information content (AvgIpc) is 3.42. The molecular weight excluding hydrogens is 420 g/mol. The number of piperidine rings is 1. The fourth-order valence-corrected chi connectivity index (χ4v) is 5.00. The van der Waals surface area contributed by atoms with Crippen LogP contribution in [0.1, 0.15) is 18.5 Å². The van der Waals surface area contributed by atoms with Crippen molar-refractivity contribution in [2.24, 2.45) is 5.92 Å². The minimum atomic E-state index is -0.0609. The summed E-state index contributed by atoms with van der Waals surface area (Å²) >= 11 is 1.55. The van der Waals surface area contributed by atoms with E-state index >= 15 is 0 Å². The number of aromatic nitrogens is 2. The Balaban J connectivity index is 1.19. The molecule has 2 aromatic carbocycles. The molecule has 1 saturated heterocycles. The van der Waals surface area contributed by atoms with Crippen molar-refractivity contribution in [3.63, 3.8) is 0 Å². The Morgan fingerprint density at radius 2 is 1.69 bits per heavy atom. The number of amides is 2. The van der Waals surface area contributed by atoms with Crippen LogP contribution in [0.4, 0.5) is 5.69 Å². The van der Waals surface area contributed by atoms with Gasteiger partial charge in [-0.3, -0.25) is 14.0 Å². The normalized spacial score (nSPS) is 14.6. The second-order valence-electron chi connectivity index (χ2n) is 8.06. The molecular formula is C25H24N4O2S. The Kier molecular flexibility index (Phi) is 5.73. The van der Waals surface area contributed by atoms with Crippen LogP contribution in [-0.4, -0.2) is 39.2 Å². The van der Waals surface area contributed by atoms with Gasteiger partial charge in [0.05, 0.1) is 12.1 Å². The highest BCUT2D eigenvalue weighted by Gasteiger charge is 2.28. The van der Waals surface area contributed by atoms with Gasteiger partial charge in [-0.1, -0.05) is 48.5 Å². The highest BCUT2D eigenvalue weighted by molar-refractivity contribution is 7.15. The van der Waals surface area contributed by atoms with Crippen LogP contribution in [-0.2, 0) is 16.0 Å². The van der Waals surface area contributed by atoms with Crippen molar-refractivity contribution in [1.82, 2.24) is 14.3 Å². The minimum absolute atomic E-state index is 0.0368. The van der Waals surface area contributed by atoms with Crippen LogP contribution in [0.3, 0.4) is 0 Å². The lowest BCUT2D eigenvalue weighted by Crippen LogP contribution is -2.42. The second kappa shape index (κ2) is 8.96. The van der Waals surface area contributed by atoms with Gasteiger partial charge in [0.1, 0.15) is 0 Å². The number of nitrogens with one attached hydrogen (secondary N) is 1. The number of carbonyl (C=O) groups is 2. The molecule has 7 heteroatoms. The van der Waals surface area contributed by atoms with Crippen molar-refractivity contribution in [2.45, 2.75) is 19.3 Å². The summed E-state index contributed by atoms with van der Waals surface area (Å²) < 4.78 is 2.02. The topological polar surface area (TPSA) is 66.7 Å². The first-order chi connectivity index (χ1) is 15.7. The number of fused-ring (bicyclic) bond motifs is 1. The first-order valence-corrected chi connectivity index (χ1v) is 11.7. The van der Waals surface area contributed by atoms with Crippen molar-refractivity contribution in [3.8, 4) is 11.3 Å². The number of hydrogen-bond donors (Lipinski definition) is 1. The molecule has 0 saturated carbocycles. The molecule has 5 rings (SSSR count). The number of rotatable bonds is 5. The quantitative estimate of drug-likeness (QED) is 0.493. The van der Waals surface area contributed by atoms with E-state index in [4.69, 9.17) is 4.98 Å². The number of carbonyl (C=O) groups excluding carboxylic acids is 2. The van der Waals surface area contributed by atoms with Gasteiger partial charge in [-0.25, -0.2) is 4.98 Å². The van der Waals surface area contributed by atoms with E-state index in [-0.39, 0.29) is 17.7 Å².